The molecule has 0 amide bonds. The molecule has 0 radical (unpaired) electrons. The van der Waals surface area contributed by atoms with Gasteiger partial charge >= 0.3 is 6.18 Å². The van der Waals surface area contributed by atoms with Crippen LogP contribution in [0.5, 0.6) is 0 Å². The molecule has 0 spiro atoms. The van der Waals surface area contributed by atoms with Gasteiger partial charge in [0.25, 0.3) is 0 Å². The Balaban J connectivity index is 2.70. The molecule has 86 valence electrons. The summed E-state index contributed by atoms with van der Waals surface area (Å²) in [5.74, 6) is 0. The minimum Gasteiger partial charge on any atom is -0.222 e. The van der Waals surface area contributed by atoms with Gasteiger partial charge in [0.2, 0.25) is 0 Å². The van der Waals surface area contributed by atoms with Crippen LogP contribution in [0.15, 0.2) is 12.3 Å². The fourth-order valence-electron chi connectivity index (χ4n) is 1.24. The molecule has 0 aliphatic rings. The van der Waals surface area contributed by atoms with E-state index in [2.05, 4.69) is 26.0 Å². The number of halogens is 5. The molecule has 2 aromatic heterocycles. The number of fused-ring (bicyclic) bond motifs is 1. The van der Waals surface area contributed by atoms with Crippen molar-refractivity contribution in [1.29, 1.82) is 0 Å². The van der Waals surface area contributed by atoms with Gasteiger partial charge in [-0.15, -0.1) is 0 Å². The topological polar surface area (TPSA) is 30.2 Å². The first-order valence-electron chi connectivity index (χ1n) is 4.10. The van der Waals surface area contributed by atoms with Crippen LogP contribution in [0, 0.1) is 0 Å². The molecule has 0 aliphatic carbocycles. The van der Waals surface area contributed by atoms with Gasteiger partial charge in [-0.2, -0.15) is 18.3 Å². The van der Waals surface area contributed by atoms with Gasteiger partial charge in [0.1, 0.15) is 5.15 Å². The largest absolute Gasteiger partial charge is 0.434 e. The number of imidazole rings is 1. The van der Waals surface area contributed by atoms with Crippen molar-refractivity contribution < 1.29 is 13.2 Å². The standard InChI is InChI=1S/C8H4BrClF3N3/c9-2-4-1-6(10)15-16-3-5(8(11,12)13)14-7(4)16/h1,3H,2H2. The van der Waals surface area contributed by atoms with Crippen LogP contribution in [0.1, 0.15) is 11.3 Å². The molecule has 8 heteroatoms. The van der Waals surface area contributed by atoms with Crippen molar-refractivity contribution in [2.24, 2.45) is 0 Å². The molecule has 0 aliphatic heterocycles. The van der Waals surface area contributed by atoms with Gasteiger partial charge in [-0.1, -0.05) is 27.5 Å². The number of alkyl halides is 4. The molecule has 0 saturated carbocycles. The number of rotatable bonds is 1. The van der Waals surface area contributed by atoms with E-state index < -0.39 is 11.9 Å². The number of hydrogen-bond donors (Lipinski definition) is 0. The Hall–Kier alpha value is -0.820. The van der Waals surface area contributed by atoms with E-state index in [9.17, 15) is 13.2 Å². The van der Waals surface area contributed by atoms with Crippen LogP contribution < -0.4 is 0 Å². The van der Waals surface area contributed by atoms with Gasteiger partial charge in [-0.05, 0) is 6.07 Å². The van der Waals surface area contributed by atoms with Crippen LogP contribution in [0.4, 0.5) is 13.2 Å². The number of hydrogen-bond acceptors (Lipinski definition) is 2. The summed E-state index contributed by atoms with van der Waals surface area (Å²) in [6.45, 7) is 0. The third kappa shape index (κ3) is 2.01. The second-order valence-electron chi connectivity index (χ2n) is 3.02. The highest BCUT2D eigenvalue weighted by molar-refractivity contribution is 9.08. The fraction of sp³-hybridized carbons (Fsp3) is 0.250. The van der Waals surface area contributed by atoms with E-state index in [1.54, 1.807) is 0 Å². The molecule has 0 fully saturated rings. The molecule has 2 rings (SSSR count). The minimum absolute atomic E-state index is 0.119. The first-order chi connectivity index (χ1) is 7.41. The van der Waals surface area contributed by atoms with Crippen LogP contribution in [-0.2, 0) is 11.5 Å². The second kappa shape index (κ2) is 3.89. The first kappa shape index (κ1) is 11.7. The summed E-state index contributed by atoms with van der Waals surface area (Å²) in [6.07, 6.45) is -3.67. The lowest BCUT2D eigenvalue weighted by atomic mass is 10.3. The lowest BCUT2D eigenvalue weighted by molar-refractivity contribution is -0.140. The first-order valence-corrected chi connectivity index (χ1v) is 5.59. The summed E-state index contributed by atoms with van der Waals surface area (Å²) in [5, 5.41) is 4.19. The van der Waals surface area contributed by atoms with E-state index in [0.717, 1.165) is 10.7 Å². The van der Waals surface area contributed by atoms with Crippen molar-refractivity contribution in [3.8, 4) is 0 Å². The monoisotopic (exact) mass is 313 g/mol. The van der Waals surface area contributed by atoms with E-state index in [1.807, 2.05) is 0 Å². The molecule has 0 bridgehead atoms. The highest BCUT2D eigenvalue weighted by atomic mass is 79.9. The van der Waals surface area contributed by atoms with Gasteiger partial charge in [0, 0.05) is 10.9 Å². The van der Waals surface area contributed by atoms with Crippen molar-refractivity contribution in [3.63, 3.8) is 0 Å². The molecule has 0 saturated heterocycles. The van der Waals surface area contributed by atoms with Gasteiger partial charge in [0.15, 0.2) is 11.3 Å². The lowest BCUT2D eigenvalue weighted by Gasteiger charge is -1.99. The predicted molar refractivity (Wildman–Crippen MR) is 55.6 cm³/mol. The average Bonchev–Trinajstić information content (AvgIpc) is 2.59. The molecule has 0 unspecified atom stereocenters. The molecular formula is C8H4BrClF3N3. The van der Waals surface area contributed by atoms with Crippen molar-refractivity contribution in [2.75, 3.05) is 0 Å². The van der Waals surface area contributed by atoms with Gasteiger partial charge in [0.05, 0.1) is 6.20 Å². The van der Waals surface area contributed by atoms with E-state index >= 15 is 0 Å². The summed E-state index contributed by atoms with van der Waals surface area (Å²) in [4.78, 5) is 3.48. The molecule has 2 heterocycles. The Morgan fingerprint density at radius 3 is 2.69 bits per heavy atom. The summed E-state index contributed by atoms with van der Waals surface area (Å²) >= 11 is 8.82. The summed E-state index contributed by atoms with van der Waals surface area (Å²) in [6, 6.07) is 1.47. The molecular weight excluding hydrogens is 310 g/mol. The minimum atomic E-state index is -4.48. The van der Waals surface area contributed by atoms with Crippen LogP contribution in [-0.4, -0.2) is 14.6 Å². The zero-order valence-electron chi connectivity index (χ0n) is 7.59. The summed E-state index contributed by atoms with van der Waals surface area (Å²) in [7, 11) is 0. The van der Waals surface area contributed by atoms with Crippen LogP contribution in [0.25, 0.3) is 5.65 Å². The maximum atomic E-state index is 12.4. The van der Waals surface area contributed by atoms with Crippen LogP contribution in [0.3, 0.4) is 0 Å². The van der Waals surface area contributed by atoms with Gasteiger partial charge < -0.3 is 0 Å². The summed E-state index contributed by atoms with van der Waals surface area (Å²) in [5.41, 5.74) is -0.284. The summed E-state index contributed by atoms with van der Waals surface area (Å²) < 4.78 is 38.3. The highest BCUT2D eigenvalue weighted by Crippen LogP contribution is 2.29. The normalized spacial score (nSPS) is 12.3. The Morgan fingerprint density at radius 2 is 2.12 bits per heavy atom. The van der Waals surface area contributed by atoms with E-state index in [0.29, 0.717) is 10.9 Å². The molecule has 2 aromatic rings. The Morgan fingerprint density at radius 1 is 1.44 bits per heavy atom. The Bertz CT molecular complexity index is 537. The van der Waals surface area contributed by atoms with Crippen molar-refractivity contribution in [2.45, 2.75) is 11.5 Å². The third-order valence-corrected chi connectivity index (χ3v) is 2.69. The van der Waals surface area contributed by atoms with Crippen molar-refractivity contribution in [3.05, 3.63) is 28.7 Å². The average molecular weight is 314 g/mol. The number of nitrogens with zero attached hydrogens (tertiary/aromatic N) is 3. The maximum absolute atomic E-state index is 12.4. The SMILES string of the molecule is FC(F)(F)c1cn2nc(Cl)cc(CBr)c2n1. The number of aromatic nitrogens is 3. The quantitative estimate of drug-likeness (QED) is 0.756. The zero-order chi connectivity index (χ0) is 11.9. The van der Waals surface area contributed by atoms with Crippen molar-refractivity contribution in [1.82, 2.24) is 14.6 Å². The molecule has 3 nitrogen and oxygen atoms in total. The zero-order valence-corrected chi connectivity index (χ0v) is 9.94. The Labute approximate surface area is 101 Å². The highest BCUT2D eigenvalue weighted by Gasteiger charge is 2.34. The third-order valence-electron chi connectivity index (χ3n) is 1.91. The van der Waals surface area contributed by atoms with E-state index in [1.165, 1.54) is 6.07 Å². The lowest BCUT2D eigenvalue weighted by Crippen LogP contribution is -2.04. The molecule has 0 N–H and O–H groups in total. The predicted octanol–water partition coefficient (Wildman–Crippen LogP) is 3.30. The van der Waals surface area contributed by atoms with Gasteiger partial charge in [-0.25, -0.2) is 9.50 Å². The van der Waals surface area contributed by atoms with E-state index in [4.69, 9.17) is 11.6 Å². The van der Waals surface area contributed by atoms with Crippen LogP contribution >= 0.6 is 27.5 Å². The van der Waals surface area contributed by atoms with Gasteiger partial charge in [-0.3, -0.25) is 0 Å². The smallest absolute Gasteiger partial charge is 0.222 e. The maximum Gasteiger partial charge on any atom is 0.434 e. The Kier molecular flexibility index (Phi) is 2.83. The van der Waals surface area contributed by atoms with Crippen LogP contribution in [0.2, 0.25) is 5.15 Å². The molecule has 0 aromatic carbocycles. The molecule has 0 atom stereocenters. The van der Waals surface area contributed by atoms with E-state index in [-0.39, 0.29) is 10.8 Å². The second-order valence-corrected chi connectivity index (χ2v) is 3.97. The molecule has 16 heavy (non-hydrogen) atoms. The fourth-order valence-corrected chi connectivity index (χ4v) is 1.87. The van der Waals surface area contributed by atoms with Crippen molar-refractivity contribution >= 4 is 33.2 Å².